The van der Waals surface area contributed by atoms with Gasteiger partial charge in [0, 0.05) is 5.69 Å². The topological polar surface area (TPSA) is 75.7 Å². The molecule has 0 heterocycles. The van der Waals surface area contributed by atoms with Gasteiger partial charge < -0.3 is 10.1 Å². The lowest BCUT2D eigenvalue weighted by Crippen LogP contribution is -2.47. The van der Waals surface area contributed by atoms with Crippen molar-refractivity contribution in [1.29, 1.82) is 0 Å². The fourth-order valence-electron chi connectivity index (χ4n) is 2.77. The number of rotatable bonds is 9. The van der Waals surface area contributed by atoms with E-state index >= 15 is 0 Å². The van der Waals surface area contributed by atoms with Crippen LogP contribution in [0, 0.1) is 6.92 Å². The normalized spacial score (nSPS) is 12.1. The maximum Gasteiger partial charge on any atom is 0.248 e. The van der Waals surface area contributed by atoms with E-state index in [0.717, 1.165) is 11.8 Å². The van der Waals surface area contributed by atoms with Crippen LogP contribution in [-0.4, -0.2) is 33.2 Å². The quantitative estimate of drug-likeness (QED) is 0.648. The van der Waals surface area contributed by atoms with Crippen molar-refractivity contribution in [2.75, 3.05) is 22.5 Å². The van der Waals surface area contributed by atoms with Gasteiger partial charge in [-0.05, 0) is 49.7 Å². The molecule has 1 N–H and O–H groups in total. The first kappa shape index (κ1) is 21.5. The van der Waals surface area contributed by atoms with Gasteiger partial charge >= 0.3 is 0 Å². The highest BCUT2D eigenvalue weighted by atomic mass is 32.2. The predicted molar refractivity (Wildman–Crippen MR) is 113 cm³/mol. The molecule has 0 aliphatic carbocycles. The third-order valence-electron chi connectivity index (χ3n) is 4.11. The minimum absolute atomic E-state index is 0.327. The maximum absolute atomic E-state index is 12.9. The van der Waals surface area contributed by atoms with Gasteiger partial charge in [0.05, 0.1) is 11.9 Å². The Kier molecular flexibility index (Phi) is 7.23. The molecule has 0 bridgehead atoms. The first-order chi connectivity index (χ1) is 13.3. The number of aryl methyl sites for hydroxylation is 1. The van der Waals surface area contributed by atoms with Gasteiger partial charge in [-0.1, -0.05) is 37.3 Å². The number of amides is 1. The van der Waals surface area contributed by atoms with Gasteiger partial charge in [0.1, 0.15) is 18.4 Å². The Morgan fingerprint density at radius 2 is 1.79 bits per heavy atom. The molecule has 7 heteroatoms. The molecule has 2 aromatic rings. The third kappa shape index (κ3) is 5.60. The molecular weight excluding hydrogens is 376 g/mol. The fourth-order valence-corrected chi connectivity index (χ4v) is 3.98. The number of carbonyl (C=O) groups excluding carboxylic acids is 1. The molecule has 0 unspecified atom stereocenters. The van der Waals surface area contributed by atoms with E-state index in [1.807, 2.05) is 19.1 Å². The number of hydrogen-bond donors (Lipinski definition) is 1. The van der Waals surface area contributed by atoms with E-state index in [0.29, 0.717) is 30.2 Å². The Balaban J connectivity index is 2.24. The van der Waals surface area contributed by atoms with Gasteiger partial charge in [0.2, 0.25) is 15.9 Å². The van der Waals surface area contributed by atoms with E-state index in [4.69, 9.17) is 4.74 Å². The monoisotopic (exact) mass is 402 g/mol. The van der Waals surface area contributed by atoms with Crippen molar-refractivity contribution >= 4 is 27.3 Å². The molecule has 0 fully saturated rings. The molecule has 1 amide bonds. The zero-order chi connectivity index (χ0) is 20.7. The second kappa shape index (κ2) is 9.41. The summed E-state index contributed by atoms with van der Waals surface area (Å²) in [6.07, 6.45) is 3.08. The van der Waals surface area contributed by atoms with Gasteiger partial charge in [0.15, 0.2) is 0 Å². The van der Waals surface area contributed by atoms with Crippen LogP contribution in [0.2, 0.25) is 0 Å². The number of sulfonamides is 1. The van der Waals surface area contributed by atoms with Crippen molar-refractivity contribution in [3.8, 4) is 5.75 Å². The molecule has 2 aromatic carbocycles. The van der Waals surface area contributed by atoms with Gasteiger partial charge in [-0.3, -0.25) is 9.10 Å². The Labute approximate surface area is 166 Å². The largest absolute Gasteiger partial charge is 0.490 e. The summed E-state index contributed by atoms with van der Waals surface area (Å²) >= 11 is 0. The summed E-state index contributed by atoms with van der Waals surface area (Å²) in [5, 5.41) is 2.79. The average molecular weight is 403 g/mol. The van der Waals surface area contributed by atoms with Crippen LogP contribution in [0.5, 0.6) is 5.75 Å². The average Bonchev–Trinajstić information content (AvgIpc) is 2.65. The highest BCUT2D eigenvalue weighted by Gasteiger charge is 2.31. The zero-order valence-electron chi connectivity index (χ0n) is 16.4. The maximum atomic E-state index is 12.9. The van der Waals surface area contributed by atoms with Crippen molar-refractivity contribution in [3.63, 3.8) is 0 Å². The molecule has 0 spiro atoms. The summed E-state index contributed by atoms with van der Waals surface area (Å²) in [4.78, 5) is 12.9. The smallest absolute Gasteiger partial charge is 0.248 e. The number of ether oxygens (including phenoxy) is 1. The highest BCUT2D eigenvalue weighted by molar-refractivity contribution is 7.92. The van der Waals surface area contributed by atoms with Crippen molar-refractivity contribution in [2.24, 2.45) is 0 Å². The van der Waals surface area contributed by atoms with Crippen LogP contribution in [0.4, 0.5) is 11.4 Å². The molecule has 150 valence electrons. The molecule has 0 saturated heterocycles. The standard InChI is InChI=1S/C21H26N2O4S/c1-5-15-27-19-13-9-17(10-14-19)22-21(24)20(6-2)23(28(4,25)26)18-11-7-16(3)8-12-18/h5,7-14,20H,1,6,15H2,2-4H3,(H,22,24)/t20-/m0/s1. The SMILES string of the molecule is C=CCOc1ccc(NC(=O)[C@H](CC)N(c2ccc(C)cc2)S(C)(=O)=O)cc1. The van der Waals surface area contributed by atoms with Crippen molar-refractivity contribution in [3.05, 3.63) is 66.7 Å². The Bertz CT molecular complexity index is 906. The molecule has 0 radical (unpaired) electrons. The van der Waals surface area contributed by atoms with Crippen molar-refractivity contribution in [1.82, 2.24) is 0 Å². The second-order valence-electron chi connectivity index (χ2n) is 6.43. The van der Waals surface area contributed by atoms with Crippen molar-refractivity contribution in [2.45, 2.75) is 26.3 Å². The minimum Gasteiger partial charge on any atom is -0.490 e. The Morgan fingerprint density at radius 3 is 2.29 bits per heavy atom. The summed E-state index contributed by atoms with van der Waals surface area (Å²) in [7, 11) is -3.65. The number of hydrogen-bond acceptors (Lipinski definition) is 4. The molecule has 6 nitrogen and oxygen atoms in total. The van der Waals surface area contributed by atoms with E-state index in [1.165, 1.54) is 4.31 Å². The van der Waals surface area contributed by atoms with Crippen LogP contribution in [0.1, 0.15) is 18.9 Å². The lowest BCUT2D eigenvalue weighted by molar-refractivity contribution is -0.117. The number of anilines is 2. The van der Waals surface area contributed by atoms with E-state index in [9.17, 15) is 13.2 Å². The van der Waals surface area contributed by atoms with Gasteiger partial charge in [0.25, 0.3) is 0 Å². The molecule has 0 aliphatic heterocycles. The zero-order valence-corrected chi connectivity index (χ0v) is 17.2. The summed E-state index contributed by atoms with van der Waals surface area (Å²) in [5.41, 5.74) is 2.03. The summed E-state index contributed by atoms with van der Waals surface area (Å²) in [6.45, 7) is 7.68. The Morgan fingerprint density at radius 1 is 1.18 bits per heavy atom. The fraction of sp³-hybridized carbons (Fsp3) is 0.286. The van der Waals surface area contributed by atoms with Crippen LogP contribution in [0.25, 0.3) is 0 Å². The minimum atomic E-state index is -3.65. The van der Waals surface area contributed by atoms with Crippen LogP contribution in [0.3, 0.4) is 0 Å². The van der Waals surface area contributed by atoms with Gasteiger partial charge in [-0.25, -0.2) is 8.42 Å². The molecule has 0 aromatic heterocycles. The van der Waals surface area contributed by atoms with Gasteiger partial charge in [-0.2, -0.15) is 0 Å². The molecule has 28 heavy (non-hydrogen) atoms. The van der Waals surface area contributed by atoms with Crippen molar-refractivity contribution < 1.29 is 17.9 Å². The summed E-state index contributed by atoms with van der Waals surface area (Å²) in [6, 6.07) is 13.1. The van der Waals surface area contributed by atoms with E-state index in [2.05, 4.69) is 11.9 Å². The number of nitrogens with one attached hydrogen (secondary N) is 1. The highest BCUT2D eigenvalue weighted by Crippen LogP contribution is 2.24. The van der Waals surface area contributed by atoms with Crippen LogP contribution in [-0.2, 0) is 14.8 Å². The molecular formula is C21H26N2O4S. The van der Waals surface area contributed by atoms with Crippen LogP contribution < -0.4 is 14.4 Å². The van der Waals surface area contributed by atoms with E-state index < -0.39 is 22.0 Å². The first-order valence-electron chi connectivity index (χ1n) is 8.97. The predicted octanol–water partition coefficient (Wildman–Crippen LogP) is 3.74. The van der Waals surface area contributed by atoms with E-state index in [-0.39, 0.29) is 0 Å². The number of nitrogens with zero attached hydrogens (tertiary/aromatic N) is 1. The number of benzene rings is 2. The molecule has 1 atom stereocenters. The molecule has 0 saturated carbocycles. The van der Waals surface area contributed by atoms with Gasteiger partial charge in [-0.15, -0.1) is 0 Å². The summed E-state index contributed by atoms with van der Waals surface area (Å²) < 4.78 is 31.5. The second-order valence-corrected chi connectivity index (χ2v) is 8.29. The lowest BCUT2D eigenvalue weighted by atomic mass is 10.1. The molecule has 0 aliphatic rings. The lowest BCUT2D eigenvalue weighted by Gasteiger charge is -2.30. The molecule has 2 rings (SSSR count). The van der Waals surface area contributed by atoms with Crippen LogP contribution >= 0.6 is 0 Å². The third-order valence-corrected chi connectivity index (χ3v) is 5.29. The number of carbonyl (C=O) groups is 1. The summed E-state index contributed by atoms with van der Waals surface area (Å²) in [5.74, 6) is 0.260. The van der Waals surface area contributed by atoms with E-state index in [1.54, 1.807) is 49.4 Å². The first-order valence-corrected chi connectivity index (χ1v) is 10.8. The Hall–Kier alpha value is -2.80. The van der Waals surface area contributed by atoms with Crippen LogP contribution in [0.15, 0.2) is 61.2 Å².